The topological polar surface area (TPSA) is 95.6 Å². The molecule has 182 valence electrons. The van der Waals surface area contributed by atoms with Crippen LogP contribution >= 0.6 is 11.6 Å². The molecule has 2 aromatic carbocycles. The van der Waals surface area contributed by atoms with Gasteiger partial charge in [-0.2, -0.15) is 0 Å². The van der Waals surface area contributed by atoms with Gasteiger partial charge in [0.2, 0.25) is 0 Å². The van der Waals surface area contributed by atoms with E-state index in [1.807, 2.05) is 37.4 Å². The van der Waals surface area contributed by atoms with E-state index in [0.717, 1.165) is 34.9 Å². The van der Waals surface area contributed by atoms with Gasteiger partial charge in [-0.05, 0) is 61.9 Å². The van der Waals surface area contributed by atoms with Gasteiger partial charge in [0, 0.05) is 29.4 Å². The Morgan fingerprint density at radius 3 is 2.71 bits per heavy atom. The zero-order chi connectivity index (χ0) is 24.6. The van der Waals surface area contributed by atoms with E-state index < -0.39 is 5.60 Å². The predicted molar refractivity (Wildman–Crippen MR) is 140 cm³/mol. The van der Waals surface area contributed by atoms with Gasteiger partial charge in [-0.3, -0.25) is 9.98 Å². The van der Waals surface area contributed by atoms with E-state index in [2.05, 4.69) is 20.6 Å². The molecule has 2 heterocycles. The molecule has 2 aliphatic rings. The molecule has 5 N–H and O–H groups in total. The van der Waals surface area contributed by atoms with Crippen LogP contribution in [0.15, 0.2) is 59.9 Å². The monoisotopic (exact) mass is 493 g/mol. The summed E-state index contributed by atoms with van der Waals surface area (Å²) in [5.41, 5.74) is 9.06. The van der Waals surface area contributed by atoms with Crippen molar-refractivity contribution in [2.24, 2.45) is 10.7 Å². The number of pyridine rings is 1. The normalized spacial score (nSPS) is 23.3. The second-order valence-electron chi connectivity index (χ2n) is 9.45. The largest absolute Gasteiger partial charge is 0.382 e. The lowest BCUT2D eigenvalue weighted by Crippen LogP contribution is -2.50. The average Bonchev–Trinajstić information content (AvgIpc) is 2.87. The maximum Gasteiger partial charge on any atom is 0.133 e. The Morgan fingerprint density at radius 2 is 2.00 bits per heavy atom. The van der Waals surface area contributed by atoms with Crippen molar-refractivity contribution in [1.29, 1.82) is 0 Å². The Kier molecular flexibility index (Phi) is 6.49. The second-order valence-corrected chi connectivity index (χ2v) is 9.86. The number of nitrogens with zero attached hydrogens (tertiary/aromatic N) is 2. The number of aliphatic hydroxyl groups is 1. The molecule has 1 aromatic heterocycles. The number of aliphatic imine (C=N–C) groups is 1. The highest BCUT2D eigenvalue weighted by Gasteiger charge is 2.37. The van der Waals surface area contributed by atoms with Crippen molar-refractivity contribution in [3.63, 3.8) is 0 Å². The summed E-state index contributed by atoms with van der Waals surface area (Å²) in [6.07, 6.45) is 6.30. The van der Waals surface area contributed by atoms with E-state index in [-0.39, 0.29) is 17.9 Å². The number of hydrogen-bond acceptors (Lipinski definition) is 6. The van der Waals surface area contributed by atoms with Gasteiger partial charge in [-0.15, -0.1) is 0 Å². The van der Waals surface area contributed by atoms with Crippen LogP contribution in [0.2, 0.25) is 5.02 Å². The number of nitrogens with one attached hydrogen (secondary N) is 2. The number of amidine groups is 1. The molecular formula is C27H29ClFN5O. The molecule has 1 atom stereocenters. The summed E-state index contributed by atoms with van der Waals surface area (Å²) in [4.78, 5) is 9.13. The molecule has 0 saturated heterocycles. The van der Waals surface area contributed by atoms with Crippen LogP contribution in [-0.2, 0) is 0 Å². The van der Waals surface area contributed by atoms with Crippen LogP contribution in [0.3, 0.4) is 0 Å². The minimum absolute atomic E-state index is 0.146. The third-order valence-electron chi connectivity index (χ3n) is 7.01. The molecule has 1 aliphatic carbocycles. The second kappa shape index (κ2) is 9.57. The summed E-state index contributed by atoms with van der Waals surface area (Å²) >= 11 is 6.54. The Labute approximate surface area is 209 Å². The van der Waals surface area contributed by atoms with E-state index in [9.17, 15) is 9.50 Å². The molecule has 0 radical (unpaired) electrons. The van der Waals surface area contributed by atoms with Crippen LogP contribution < -0.4 is 16.4 Å². The lowest BCUT2D eigenvalue weighted by Gasteiger charge is -2.36. The number of aromatic nitrogens is 1. The van der Waals surface area contributed by atoms with Crippen molar-refractivity contribution in [3.8, 4) is 0 Å². The fraction of sp³-hybridized carbons (Fsp3) is 0.333. The fourth-order valence-electron chi connectivity index (χ4n) is 4.86. The molecule has 8 heteroatoms. The van der Waals surface area contributed by atoms with Crippen molar-refractivity contribution in [1.82, 2.24) is 10.3 Å². The Bertz CT molecular complexity index is 1320. The van der Waals surface area contributed by atoms with E-state index in [1.165, 1.54) is 6.07 Å². The van der Waals surface area contributed by atoms with Gasteiger partial charge in [0.05, 0.1) is 28.8 Å². The molecule has 1 aliphatic heterocycles. The van der Waals surface area contributed by atoms with E-state index in [0.29, 0.717) is 41.5 Å². The predicted octanol–water partition coefficient (Wildman–Crippen LogP) is 5.18. The first-order valence-corrected chi connectivity index (χ1v) is 12.3. The number of halogens is 2. The lowest BCUT2D eigenvalue weighted by molar-refractivity contribution is 0.0623. The fourth-order valence-corrected chi connectivity index (χ4v) is 5.06. The van der Waals surface area contributed by atoms with Gasteiger partial charge in [0.25, 0.3) is 0 Å². The number of fused-ring (bicyclic) bond motifs is 1. The van der Waals surface area contributed by atoms with Crippen molar-refractivity contribution < 1.29 is 9.50 Å². The van der Waals surface area contributed by atoms with Crippen LogP contribution in [0.5, 0.6) is 0 Å². The standard InChI is InChI=1S/C27H29ClFN5O/c1-16(20-4-2-3-5-23(20)29)34-25-21-12-17(6-7-24(21)31-15-22(25)28)18-13-32-26(33-14-18)27(35)10-8-19(30)9-11-27/h2-7,12-13,15-16,19,35H,8-11,14,30H2,1H3,(H,31,34)(H,32,33)/t16-,19?,27?/m1/s1. The smallest absolute Gasteiger partial charge is 0.133 e. The highest BCUT2D eigenvalue weighted by Crippen LogP contribution is 2.35. The van der Waals surface area contributed by atoms with Crippen LogP contribution in [0.25, 0.3) is 16.5 Å². The summed E-state index contributed by atoms with van der Waals surface area (Å²) < 4.78 is 14.3. The molecular weight excluding hydrogens is 465 g/mol. The van der Waals surface area contributed by atoms with Crippen molar-refractivity contribution >= 4 is 39.6 Å². The van der Waals surface area contributed by atoms with E-state index >= 15 is 0 Å². The zero-order valence-corrected chi connectivity index (χ0v) is 20.3. The third kappa shape index (κ3) is 4.76. The van der Waals surface area contributed by atoms with Gasteiger partial charge in [-0.1, -0.05) is 35.9 Å². The number of nitrogens with two attached hydrogens (primary N) is 1. The van der Waals surface area contributed by atoms with Crippen molar-refractivity contribution in [2.75, 3.05) is 11.9 Å². The van der Waals surface area contributed by atoms with E-state index in [4.69, 9.17) is 17.3 Å². The lowest BCUT2D eigenvalue weighted by atomic mass is 9.81. The van der Waals surface area contributed by atoms with E-state index in [1.54, 1.807) is 18.3 Å². The highest BCUT2D eigenvalue weighted by molar-refractivity contribution is 6.34. The maximum atomic E-state index is 14.3. The van der Waals surface area contributed by atoms with Crippen molar-refractivity contribution in [2.45, 2.75) is 50.3 Å². The van der Waals surface area contributed by atoms with Crippen LogP contribution in [0.4, 0.5) is 10.1 Å². The molecule has 35 heavy (non-hydrogen) atoms. The third-order valence-corrected chi connectivity index (χ3v) is 7.30. The van der Waals surface area contributed by atoms with Gasteiger partial charge in [0.1, 0.15) is 17.3 Å². The molecule has 1 saturated carbocycles. The van der Waals surface area contributed by atoms with Gasteiger partial charge in [-0.25, -0.2) is 4.39 Å². The molecule has 6 nitrogen and oxygen atoms in total. The molecule has 0 unspecified atom stereocenters. The number of anilines is 1. The van der Waals surface area contributed by atoms with Crippen LogP contribution in [-0.4, -0.2) is 34.1 Å². The molecule has 5 rings (SSSR count). The van der Waals surface area contributed by atoms with Gasteiger partial charge in [0.15, 0.2) is 0 Å². The molecule has 0 spiro atoms. The Hall–Kier alpha value is -3.00. The van der Waals surface area contributed by atoms with Gasteiger partial charge < -0.3 is 21.5 Å². The first kappa shape index (κ1) is 23.7. The zero-order valence-electron chi connectivity index (χ0n) is 19.6. The number of hydrogen-bond donors (Lipinski definition) is 4. The Morgan fingerprint density at radius 1 is 1.23 bits per heavy atom. The van der Waals surface area contributed by atoms with Crippen molar-refractivity contribution in [3.05, 3.63) is 76.8 Å². The molecule has 3 aromatic rings. The quantitative estimate of drug-likeness (QED) is 0.393. The Balaban J connectivity index is 1.41. The first-order valence-electron chi connectivity index (χ1n) is 11.9. The average molecular weight is 494 g/mol. The van der Waals surface area contributed by atoms with Crippen LogP contribution in [0, 0.1) is 5.82 Å². The number of benzene rings is 2. The summed E-state index contributed by atoms with van der Waals surface area (Å²) in [5, 5.41) is 19.0. The summed E-state index contributed by atoms with van der Waals surface area (Å²) in [6, 6.07) is 12.5. The van der Waals surface area contributed by atoms with Gasteiger partial charge >= 0.3 is 0 Å². The van der Waals surface area contributed by atoms with Crippen LogP contribution in [0.1, 0.15) is 49.8 Å². The molecule has 1 fully saturated rings. The molecule has 0 amide bonds. The summed E-state index contributed by atoms with van der Waals surface area (Å²) in [7, 11) is 0. The maximum absolute atomic E-state index is 14.3. The highest BCUT2D eigenvalue weighted by atomic mass is 35.5. The SMILES string of the molecule is C[C@@H](Nc1c(Cl)cnc2ccc(C3=CNC(C4(O)CCC(N)CC4)=NC3)cc12)c1ccccc1F. The minimum atomic E-state index is -0.946. The molecule has 0 bridgehead atoms. The summed E-state index contributed by atoms with van der Waals surface area (Å²) in [6.45, 7) is 2.35. The summed E-state index contributed by atoms with van der Waals surface area (Å²) in [5.74, 6) is 0.344. The number of rotatable bonds is 5. The first-order chi connectivity index (χ1) is 16.8. The minimum Gasteiger partial charge on any atom is -0.382 e.